The minimum atomic E-state index is -3.87. The second-order valence-electron chi connectivity index (χ2n) is 7.39. The summed E-state index contributed by atoms with van der Waals surface area (Å²) in [5.41, 5.74) is 5.88. The van der Waals surface area contributed by atoms with Gasteiger partial charge in [-0.1, -0.05) is 0 Å². The highest BCUT2D eigenvalue weighted by molar-refractivity contribution is 7.92. The predicted molar refractivity (Wildman–Crippen MR) is 105 cm³/mol. The monoisotopic (exact) mass is 442 g/mol. The van der Waals surface area contributed by atoms with Crippen molar-refractivity contribution in [1.82, 2.24) is 0 Å². The number of sulfone groups is 1. The fourth-order valence-electron chi connectivity index (χ4n) is 3.56. The third kappa shape index (κ3) is 4.29. The standard InChI is InChI=1S/C20H21F3N2O4S/c1-10-6-17(24)18(30(28,29)13-4-2-12(26)3-5-13)9-14(10)20(27)25-11-7-15(21)19(23)16(22)8-11/h6-9,12-13,26H,2-5,24H2,1H3,(H,25,27). The molecular formula is C20H21F3N2O4S. The Morgan fingerprint density at radius 2 is 1.63 bits per heavy atom. The molecule has 1 aliphatic carbocycles. The van der Waals surface area contributed by atoms with E-state index in [1.54, 1.807) is 0 Å². The number of nitrogens with two attached hydrogens (primary N) is 1. The number of aliphatic hydroxyl groups excluding tert-OH is 1. The fourth-order valence-corrected chi connectivity index (χ4v) is 5.48. The summed E-state index contributed by atoms with van der Waals surface area (Å²) in [7, 11) is -3.87. The van der Waals surface area contributed by atoms with E-state index in [9.17, 15) is 31.5 Å². The van der Waals surface area contributed by atoms with Crippen LogP contribution in [0.4, 0.5) is 24.5 Å². The van der Waals surface area contributed by atoms with Gasteiger partial charge in [0.25, 0.3) is 5.91 Å². The number of hydrogen-bond donors (Lipinski definition) is 3. The fraction of sp³-hybridized carbons (Fsp3) is 0.350. The van der Waals surface area contributed by atoms with Crippen LogP contribution in [0.5, 0.6) is 0 Å². The van der Waals surface area contributed by atoms with E-state index in [0.29, 0.717) is 30.5 Å². The van der Waals surface area contributed by atoms with E-state index in [-0.39, 0.29) is 34.7 Å². The van der Waals surface area contributed by atoms with Gasteiger partial charge in [0.2, 0.25) is 0 Å². The number of anilines is 2. The van der Waals surface area contributed by atoms with Gasteiger partial charge in [0, 0.05) is 23.4 Å². The molecule has 0 aromatic heterocycles. The summed E-state index contributed by atoms with van der Waals surface area (Å²) >= 11 is 0. The van der Waals surface area contributed by atoms with Crippen molar-refractivity contribution in [2.24, 2.45) is 0 Å². The lowest BCUT2D eigenvalue weighted by atomic mass is 9.97. The number of carbonyl (C=O) groups excluding carboxylic acids is 1. The Labute approximate surface area is 171 Å². The molecule has 4 N–H and O–H groups in total. The summed E-state index contributed by atoms with van der Waals surface area (Å²) in [4.78, 5) is 12.4. The Balaban J connectivity index is 1.94. The first-order chi connectivity index (χ1) is 14.0. The Morgan fingerprint density at radius 1 is 1.07 bits per heavy atom. The van der Waals surface area contributed by atoms with E-state index < -0.39 is 44.5 Å². The Bertz CT molecular complexity index is 1070. The van der Waals surface area contributed by atoms with Crippen molar-refractivity contribution in [3.05, 3.63) is 52.8 Å². The molecule has 0 aliphatic heterocycles. The number of hydrogen-bond acceptors (Lipinski definition) is 5. The lowest BCUT2D eigenvalue weighted by Gasteiger charge is -2.26. The van der Waals surface area contributed by atoms with Gasteiger partial charge in [-0.05, 0) is 50.3 Å². The molecule has 10 heteroatoms. The second kappa shape index (κ2) is 8.27. The van der Waals surface area contributed by atoms with Gasteiger partial charge in [-0.3, -0.25) is 4.79 Å². The number of benzene rings is 2. The number of nitrogens with one attached hydrogen (secondary N) is 1. The quantitative estimate of drug-likeness (QED) is 0.497. The molecule has 0 atom stereocenters. The molecule has 3 rings (SSSR count). The number of aryl methyl sites for hydroxylation is 1. The van der Waals surface area contributed by atoms with Crippen LogP contribution in [0.2, 0.25) is 0 Å². The molecule has 0 bridgehead atoms. The van der Waals surface area contributed by atoms with Gasteiger partial charge in [-0.2, -0.15) is 0 Å². The highest BCUT2D eigenvalue weighted by atomic mass is 32.2. The predicted octanol–water partition coefficient (Wildman–Crippen LogP) is 3.32. The molecule has 1 fully saturated rings. The molecule has 1 aliphatic rings. The van der Waals surface area contributed by atoms with Crippen LogP contribution in [0, 0.1) is 24.4 Å². The smallest absolute Gasteiger partial charge is 0.255 e. The van der Waals surface area contributed by atoms with E-state index in [1.807, 2.05) is 0 Å². The summed E-state index contributed by atoms with van der Waals surface area (Å²) in [6.45, 7) is 1.53. The van der Waals surface area contributed by atoms with Crippen molar-refractivity contribution < 1.29 is 31.5 Å². The lowest BCUT2D eigenvalue weighted by Crippen LogP contribution is -2.30. The van der Waals surface area contributed by atoms with Gasteiger partial charge in [0.1, 0.15) is 0 Å². The van der Waals surface area contributed by atoms with E-state index in [1.165, 1.54) is 13.0 Å². The van der Waals surface area contributed by atoms with Crippen LogP contribution >= 0.6 is 0 Å². The average Bonchev–Trinajstić information content (AvgIpc) is 2.66. The zero-order valence-corrected chi connectivity index (χ0v) is 16.9. The highest BCUT2D eigenvalue weighted by Crippen LogP contribution is 2.33. The molecule has 1 amide bonds. The van der Waals surface area contributed by atoms with Gasteiger partial charge >= 0.3 is 0 Å². The largest absolute Gasteiger partial charge is 0.398 e. The van der Waals surface area contributed by atoms with Crippen LogP contribution < -0.4 is 11.1 Å². The molecule has 2 aromatic rings. The number of carbonyl (C=O) groups is 1. The molecule has 162 valence electrons. The van der Waals surface area contributed by atoms with Gasteiger partial charge in [-0.25, -0.2) is 21.6 Å². The molecule has 1 saturated carbocycles. The van der Waals surface area contributed by atoms with Gasteiger partial charge in [-0.15, -0.1) is 0 Å². The third-order valence-corrected chi connectivity index (χ3v) is 7.55. The first-order valence-corrected chi connectivity index (χ1v) is 10.8. The number of halogens is 3. The highest BCUT2D eigenvalue weighted by Gasteiger charge is 2.33. The summed E-state index contributed by atoms with van der Waals surface area (Å²) in [5, 5.41) is 11.1. The molecular weight excluding hydrogens is 421 g/mol. The number of aliphatic hydroxyl groups is 1. The summed E-state index contributed by atoms with van der Waals surface area (Å²) in [6, 6.07) is 3.71. The van der Waals surface area contributed by atoms with E-state index in [2.05, 4.69) is 5.32 Å². The molecule has 0 radical (unpaired) electrons. The van der Waals surface area contributed by atoms with Gasteiger partial charge in [0.05, 0.1) is 21.9 Å². The van der Waals surface area contributed by atoms with E-state index in [0.717, 1.165) is 6.07 Å². The van der Waals surface area contributed by atoms with Crippen molar-refractivity contribution in [2.45, 2.75) is 48.9 Å². The first-order valence-electron chi connectivity index (χ1n) is 9.28. The SMILES string of the molecule is Cc1cc(N)c(S(=O)(=O)C2CCC(O)CC2)cc1C(=O)Nc1cc(F)c(F)c(F)c1. The first kappa shape index (κ1) is 22.1. The van der Waals surface area contributed by atoms with Crippen LogP contribution in [-0.4, -0.2) is 30.8 Å². The Morgan fingerprint density at radius 3 is 2.20 bits per heavy atom. The van der Waals surface area contributed by atoms with Crippen molar-refractivity contribution in [3.63, 3.8) is 0 Å². The summed E-state index contributed by atoms with van der Waals surface area (Å²) < 4.78 is 66.0. The maximum Gasteiger partial charge on any atom is 0.255 e. The van der Waals surface area contributed by atoms with E-state index >= 15 is 0 Å². The Hall–Kier alpha value is -2.59. The van der Waals surface area contributed by atoms with Crippen molar-refractivity contribution in [1.29, 1.82) is 0 Å². The number of rotatable bonds is 4. The number of nitrogen functional groups attached to an aromatic ring is 1. The number of amides is 1. The molecule has 2 aromatic carbocycles. The zero-order chi connectivity index (χ0) is 22.2. The molecule has 0 unspecified atom stereocenters. The van der Waals surface area contributed by atoms with Crippen LogP contribution in [0.25, 0.3) is 0 Å². The normalized spacial score (nSPS) is 19.5. The molecule has 0 spiro atoms. The second-order valence-corrected chi connectivity index (χ2v) is 9.59. The van der Waals surface area contributed by atoms with Crippen LogP contribution in [0.3, 0.4) is 0 Å². The summed E-state index contributed by atoms with van der Waals surface area (Å²) in [5.74, 6) is -5.43. The summed E-state index contributed by atoms with van der Waals surface area (Å²) in [6.07, 6.45) is 0.707. The maximum atomic E-state index is 13.4. The average molecular weight is 442 g/mol. The maximum absolute atomic E-state index is 13.4. The molecule has 30 heavy (non-hydrogen) atoms. The van der Waals surface area contributed by atoms with Gasteiger partial charge in [0.15, 0.2) is 27.3 Å². The molecule has 6 nitrogen and oxygen atoms in total. The van der Waals surface area contributed by atoms with Crippen LogP contribution in [0.1, 0.15) is 41.6 Å². The Kier molecular flexibility index (Phi) is 6.09. The molecule has 0 saturated heterocycles. The molecule has 0 heterocycles. The topological polar surface area (TPSA) is 109 Å². The van der Waals surface area contributed by atoms with Crippen LogP contribution in [0.15, 0.2) is 29.2 Å². The van der Waals surface area contributed by atoms with Crippen molar-refractivity contribution >= 4 is 27.1 Å². The minimum absolute atomic E-state index is 0.0194. The van der Waals surface area contributed by atoms with E-state index in [4.69, 9.17) is 5.73 Å². The third-order valence-electron chi connectivity index (χ3n) is 5.23. The minimum Gasteiger partial charge on any atom is -0.398 e. The van der Waals surface area contributed by atoms with Crippen molar-refractivity contribution in [3.8, 4) is 0 Å². The zero-order valence-electron chi connectivity index (χ0n) is 16.1. The lowest BCUT2D eigenvalue weighted by molar-refractivity contribution is 0.102. The van der Waals surface area contributed by atoms with Crippen molar-refractivity contribution in [2.75, 3.05) is 11.1 Å². The van der Waals surface area contributed by atoms with Gasteiger partial charge < -0.3 is 16.2 Å². The van der Waals surface area contributed by atoms with Crippen LogP contribution in [-0.2, 0) is 9.84 Å².